The molecule has 1 aromatic carbocycles. The van der Waals surface area contributed by atoms with E-state index in [2.05, 4.69) is 34.5 Å². The quantitative estimate of drug-likeness (QED) is 0.795. The van der Waals surface area contributed by atoms with Crippen LogP contribution in [0.15, 0.2) is 24.3 Å². The minimum atomic E-state index is 0.248. The zero-order valence-electron chi connectivity index (χ0n) is 12.5. The molecule has 0 atom stereocenters. The van der Waals surface area contributed by atoms with Gasteiger partial charge < -0.3 is 15.1 Å². The third kappa shape index (κ3) is 2.08. The number of fused-ring (bicyclic) bond motifs is 2. The summed E-state index contributed by atoms with van der Waals surface area (Å²) in [5, 5.41) is 3.55. The van der Waals surface area contributed by atoms with Gasteiger partial charge in [-0.05, 0) is 37.3 Å². The fourth-order valence-electron chi connectivity index (χ4n) is 4.14. The fourth-order valence-corrected chi connectivity index (χ4v) is 4.14. The molecule has 0 radical (unpaired) electrons. The number of para-hydroxylation sites is 1. The van der Waals surface area contributed by atoms with Crippen LogP contribution in [-0.4, -0.2) is 48.6 Å². The molecular weight excluding hydrogens is 262 g/mol. The highest BCUT2D eigenvalue weighted by Gasteiger charge is 2.42. The topological polar surface area (TPSA) is 35.6 Å². The molecule has 1 N–H and O–H groups in total. The average Bonchev–Trinajstić information content (AvgIpc) is 3.17. The third-order valence-electron chi connectivity index (χ3n) is 5.48. The van der Waals surface area contributed by atoms with E-state index in [1.54, 1.807) is 0 Å². The van der Waals surface area contributed by atoms with E-state index in [9.17, 15) is 4.79 Å². The van der Waals surface area contributed by atoms with Crippen LogP contribution < -0.4 is 5.32 Å². The van der Waals surface area contributed by atoms with Crippen LogP contribution in [0.4, 0.5) is 10.5 Å². The molecule has 1 aromatic rings. The normalized spacial score (nSPS) is 23.2. The molecule has 1 spiro atoms. The van der Waals surface area contributed by atoms with E-state index < -0.39 is 0 Å². The summed E-state index contributed by atoms with van der Waals surface area (Å²) in [7, 11) is 0. The first-order valence-electron chi connectivity index (χ1n) is 8.16. The van der Waals surface area contributed by atoms with E-state index in [-0.39, 0.29) is 11.4 Å². The molecule has 0 saturated carbocycles. The molecule has 2 fully saturated rings. The standard InChI is InChI=1S/C17H23N3O/c21-16(19-9-3-4-10-19)20-11-7-17(8-12-20)13-18-15-6-2-1-5-14(15)17/h1-2,5-6,18H,3-4,7-13H2. The summed E-state index contributed by atoms with van der Waals surface area (Å²) in [5.41, 5.74) is 2.99. The largest absolute Gasteiger partial charge is 0.384 e. The number of anilines is 1. The average molecular weight is 285 g/mol. The van der Waals surface area contributed by atoms with Gasteiger partial charge in [-0.25, -0.2) is 4.79 Å². The van der Waals surface area contributed by atoms with Gasteiger partial charge in [0.15, 0.2) is 0 Å². The van der Waals surface area contributed by atoms with Crippen molar-refractivity contribution < 1.29 is 4.79 Å². The first kappa shape index (κ1) is 13.0. The third-order valence-corrected chi connectivity index (χ3v) is 5.48. The maximum Gasteiger partial charge on any atom is 0.319 e. The Kier molecular flexibility index (Phi) is 3.05. The van der Waals surface area contributed by atoms with Crippen LogP contribution in [0, 0.1) is 0 Å². The number of urea groups is 1. The molecule has 0 aromatic heterocycles. The summed E-state index contributed by atoms with van der Waals surface area (Å²) in [6.07, 6.45) is 4.49. The van der Waals surface area contributed by atoms with Crippen LogP contribution >= 0.6 is 0 Å². The van der Waals surface area contributed by atoms with E-state index in [4.69, 9.17) is 0 Å². The smallest absolute Gasteiger partial charge is 0.319 e. The zero-order valence-corrected chi connectivity index (χ0v) is 12.5. The van der Waals surface area contributed by atoms with E-state index in [1.165, 1.54) is 24.1 Å². The number of nitrogens with one attached hydrogen (secondary N) is 1. The molecule has 2 saturated heterocycles. The van der Waals surface area contributed by atoms with Crippen LogP contribution in [0.2, 0.25) is 0 Å². The van der Waals surface area contributed by atoms with E-state index >= 15 is 0 Å². The molecular formula is C17H23N3O. The minimum Gasteiger partial charge on any atom is -0.384 e. The lowest BCUT2D eigenvalue weighted by Gasteiger charge is -2.40. The number of piperidine rings is 1. The molecule has 112 valence electrons. The summed E-state index contributed by atoms with van der Waals surface area (Å²) >= 11 is 0. The monoisotopic (exact) mass is 285 g/mol. The Morgan fingerprint density at radius 3 is 2.43 bits per heavy atom. The summed E-state index contributed by atoms with van der Waals surface area (Å²) in [6, 6.07) is 8.92. The van der Waals surface area contributed by atoms with Crippen LogP contribution in [0.5, 0.6) is 0 Å². The van der Waals surface area contributed by atoms with Gasteiger partial charge in [0.05, 0.1) is 0 Å². The van der Waals surface area contributed by atoms with Gasteiger partial charge in [-0.15, -0.1) is 0 Å². The van der Waals surface area contributed by atoms with Crippen LogP contribution in [0.1, 0.15) is 31.2 Å². The second kappa shape index (κ2) is 4.93. The second-order valence-electron chi connectivity index (χ2n) is 6.64. The summed E-state index contributed by atoms with van der Waals surface area (Å²) in [5.74, 6) is 0. The number of hydrogen-bond acceptors (Lipinski definition) is 2. The predicted molar refractivity (Wildman–Crippen MR) is 83.6 cm³/mol. The molecule has 3 heterocycles. The Hall–Kier alpha value is -1.71. The van der Waals surface area contributed by atoms with Gasteiger partial charge in [0.2, 0.25) is 0 Å². The van der Waals surface area contributed by atoms with E-state index in [0.29, 0.717) is 0 Å². The summed E-state index contributed by atoms with van der Waals surface area (Å²) in [4.78, 5) is 16.6. The molecule has 4 nitrogen and oxygen atoms in total. The van der Waals surface area contributed by atoms with Crippen molar-refractivity contribution in [2.45, 2.75) is 31.1 Å². The van der Waals surface area contributed by atoms with Crippen molar-refractivity contribution in [2.24, 2.45) is 0 Å². The maximum absolute atomic E-state index is 12.5. The Balaban J connectivity index is 1.46. The number of rotatable bonds is 0. The highest BCUT2D eigenvalue weighted by Crippen LogP contribution is 2.43. The lowest BCUT2D eigenvalue weighted by atomic mass is 9.74. The van der Waals surface area contributed by atoms with Gasteiger partial charge in [-0.2, -0.15) is 0 Å². The number of amides is 2. The number of likely N-dealkylation sites (tertiary alicyclic amines) is 2. The highest BCUT2D eigenvalue weighted by molar-refractivity contribution is 5.75. The number of carbonyl (C=O) groups is 1. The van der Waals surface area contributed by atoms with E-state index in [1.807, 2.05) is 4.90 Å². The zero-order chi connectivity index (χ0) is 14.3. The van der Waals surface area contributed by atoms with Gasteiger partial charge in [-0.3, -0.25) is 0 Å². The number of hydrogen-bond donors (Lipinski definition) is 1. The van der Waals surface area contributed by atoms with Crippen molar-refractivity contribution in [3.8, 4) is 0 Å². The Morgan fingerprint density at radius 2 is 1.67 bits per heavy atom. The number of benzene rings is 1. The maximum atomic E-state index is 12.5. The highest BCUT2D eigenvalue weighted by atomic mass is 16.2. The van der Waals surface area contributed by atoms with Crippen LogP contribution in [-0.2, 0) is 5.41 Å². The lowest BCUT2D eigenvalue weighted by molar-refractivity contribution is 0.135. The molecule has 0 unspecified atom stereocenters. The molecule has 0 aliphatic carbocycles. The van der Waals surface area contributed by atoms with Crippen molar-refractivity contribution in [3.05, 3.63) is 29.8 Å². The molecule has 3 aliphatic rings. The van der Waals surface area contributed by atoms with Crippen molar-refractivity contribution >= 4 is 11.7 Å². The van der Waals surface area contributed by atoms with Gasteiger partial charge in [0.1, 0.15) is 0 Å². The summed E-state index contributed by atoms with van der Waals surface area (Å²) < 4.78 is 0. The molecule has 0 bridgehead atoms. The second-order valence-corrected chi connectivity index (χ2v) is 6.64. The van der Waals surface area contributed by atoms with Crippen molar-refractivity contribution in [1.82, 2.24) is 9.80 Å². The van der Waals surface area contributed by atoms with Crippen molar-refractivity contribution in [2.75, 3.05) is 38.0 Å². The molecule has 4 heteroatoms. The van der Waals surface area contributed by atoms with E-state index in [0.717, 1.165) is 45.6 Å². The number of carbonyl (C=O) groups excluding carboxylic acids is 1. The van der Waals surface area contributed by atoms with Gasteiger partial charge in [0, 0.05) is 43.8 Å². The summed E-state index contributed by atoms with van der Waals surface area (Å²) in [6.45, 7) is 4.71. The fraction of sp³-hybridized carbons (Fsp3) is 0.588. The number of nitrogens with zero attached hydrogens (tertiary/aromatic N) is 2. The minimum absolute atomic E-state index is 0.248. The van der Waals surface area contributed by atoms with Crippen LogP contribution in [0.3, 0.4) is 0 Å². The molecule has 2 amide bonds. The van der Waals surface area contributed by atoms with Crippen molar-refractivity contribution in [1.29, 1.82) is 0 Å². The molecule has 21 heavy (non-hydrogen) atoms. The molecule has 3 aliphatic heterocycles. The molecule has 4 rings (SSSR count). The van der Waals surface area contributed by atoms with Gasteiger partial charge in [-0.1, -0.05) is 18.2 Å². The lowest BCUT2D eigenvalue weighted by Crippen LogP contribution is -2.50. The Labute approximate surface area is 126 Å². The first-order valence-corrected chi connectivity index (χ1v) is 8.16. The Morgan fingerprint density at radius 1 is 1.00 bits per heavy atom. The van der Waals surface area contributed by atoms with Crippen LogP contribution in [0.25, 0.3) is 0 Å². The van der Waals surface area contributed by atoms with Crippen molar-refractivity contribution in [3.63, 3.8) is 0 Å². The Bertz CT molecular complexity index is 543. The first-order chi connectivity index (χ1) is 10.3. The SMILES string of the molecule is O=C(N1CCCC1)N1CCC2(CC1)CNc1ccccc12. The predicted octanol–water partition coefficient (Wildman–Crippen LogP) is 2.66. The van der Waals surface area contributed by atoms with Gasteiger partial charge in [0.25, 0.3) is 0 Å². The van der Waals surface area contributed by atoms with Gasteiger partial charge >= 0.3 is 6.03 Å².